The molecule has 0 fully saturated rings. The molecule has 0 aliphatic heterocycles. The third-order valence-electron chi connectivity index (χ3n) is 3.74. The third kappa shape index (κ3) is 6.13. The molecule has 2 rings (SSSR count). The van der Waals surface area contributed by atoms with Gasteiger partial charge in [0.05, 0.1) is 17.7 Å². The first-order chi connectivity index (χ1) is 11.9. The molecular weight excluding hydrogens is 336 g/mol. The third-order valence-corrected chi connectivity index (χ3v) is 4.77. The zero-order valence-electron chi connectivity index (χ0n) is 15.4. The van der Waals surface area contributed by atoms with E-state index in [0.717, 1.165) is 37.2 Å². The fraction of sp³-hybridized carbons (Fsp3) is 0.588. The molecule has 2 aromatic rings. The van der Waals surface area contributed by atoms with E-state index in [0.29, 0.717) is 5.96 Å². The maximum absolute atomic E-state index is 10.6. The van der Waals surface area contributed by atoms with Crippen LogP contribution in [0.4, 0.5) is 0 Å². The number of aryl methyl sites for hydroxylation is 3. The molecule has 0 bridgehead atoms. The molecule has 0 saturated carbocycles. The molecular formula is C17H28N6OS. The summed E-state index contributed by atoms with van der Waals surface area (Å²) in [5, 5.41) is 24.5. The number of nitrogens with one attached hydrogen (secondary N) is 2. The SMILES string of the molecule is CCNC(=NCC(C)(O)c1cnn(C)c1)NCCCc1nc(C)cs1. The number of thiazole rings is 1. The van der Waals surface area contributed by atoms with Crippen molar-refractivity contribution in [3.05, 3.63) is 34.0 Å². The largest absolute Gasteiger partial charge is 0.383 e. The summed E-state index contributed by atoms with van der Waals surface area (Å²) in [4.78, 5) is 8.99. The minimum atomic E-state index is -1.05. The molecule has 1 atom stereocenters. The van der Waals surface area contributed by atoms with Gasteiger partial charge in [-0.3, -0.25) is 4.68 Å². The van der Waals surface area contributed by atoms with Crippen molar-refractivity contribution in [3.8, 4) is 0 Å². The van der Waals surface area contributed by atoms with Gasteiger partial charge in [-0.05, 0) is 27.2 Å². The van der Waals surface area contributed by atoms with E-state index in [2.05, 4.69) is 31.1 Å². The number of hydrogen-bond acceptors (Lipinski definition) is 5. The minimum absolute atomic E-state index is 0.264. The highest BCUT2D eigenvalue weighted by Gasteiger charge is 2.24. The molecule has 0 saturated heterocycles. The average molecular weight is 365 g/mol. The minimum Gasteiger partial charge on any atom is -0.383 e. The highest BCUT2D eigenvalue weighted by Crippen LogP contribution is 2.19. The summed E-state index contributed by atoms with van der Waals surface area (Å²) < 4.78 is 1.68. The molecule has 1 unspecified atom stereocenters. The second-order valence-electron chi connectivity index (χ2n) is 6.28. The summed E-state index contributed by atoms with van der Waals surface area (Å²) in [7, 11) is 1.83. The lowest BCUT2D eigenvalue weighted by Gasteiger charge is -2.20. The summed E-state index contributed by atoms with van der Waals surface area (Å²) in [6, 6.07) is 0. The summed E-state index contributed by atoms with van der Waals surface area (Å²) >= 11 is 1.71. The first kappa shape index (κ1) is 19.4. The van der Waals surface area contributed by atoms with Crippen LogP contribution in [0.15, 0.2) is 22.8 Å². The molecule has 2 aromatic heterocycles. The van der Waals surface area contributed by atoms with Gasteiger partial charge < -0.3 is 15.7 Å². The number of aliphatic hydroxyl groups is 1. The van der Waals surface area contributed by atoms with Crippen molar-refractivity contribution < 1.29 is 5.11 Å². The van der Waals surface area contributed by atoms with Crippen LogP contribution in [0.3, 0.4) is 0 Å². The van der Waals surface area contributed by atoms with Gasteiger partial charge in [-0.2, -0.15) is 5.10 Å². The van der Waals surface area contributed by atoms with Crippen LogP contribution in [-0.2, 0) is 19.1 Å². The van der Waals surface area contributed by atoms with Crippen LogP contribution in [0.5, 0.6) is 0 Å². The van der Waals surface area contributed by atoms with Gasteiger partial charge >= 0.3 is 0 Å². The zero-order valence-corrected chi connectivity index (χ0v) is 16.2. The molecule has 0 amide bonds. The van der Waals surface area contributed by atoms with E-state index < -0.39 is 5.60 Å². The van der Waals surface area contributed by atoms with Crippen LogP contribution in [0, 0.1) is 6.92 Å². The molecule has 3 N–H and O–H groups in total. The van der Waals surface area contributed by atoms with Gasteiger partial charge in [0, 0.05) is 49.4 Å². The maximum atomic E-state index is 10.6. The molecule has 25 heavy (non-hydrogen) atoms. The van der Waals surface area contributed by atoms with E-state index in [-0.39, 0.29) is 6.54 Å². The van der Waals surface area contributed by atoms with E-state index in [1.807, 2.05) is 27.1 Å². The standard InChI is InChI=1S/C17H28N6OS/c1-5-18-16(19-8-6-7-15-22-13(2)11-25-15)20-12-17(3,24)14-9-21-23(4)10-14/h9-11,24H,5-8,12H2,1-4H3,(H2,18,19,20). The number of aliphatic imine (C=N–C) groups is 1. The van der Waals surface area contributed by atoms with Crippen molar-refractivity contribution in [1.82, 2.24) is 25.4 Å². The van der Waals surface area contributed by atoms with E-state index in [1.165, 1.54) is 5.01 Å². The Hall–Kier alpha value is -1.93. The van der Waals surface area contributed by atoms with Crippen molar-refractivity contribution in [3.63, 3.8) is 0 Å². The Labute approximate surface area is 153 Å². The molecule has 0 spiro atoms. The molecule has 138 valence electrons. The van der Waals surface area contributed by atoms with Gasteiger partial charge in [0.2, 0.25) is 0 Å². The van der Waals surface area contributed by atoms with E-state index in [9.17, 15) is 5.11 Å². The number of hydrogen-bond donors (Lipinski definition) is 3. The topological polar surface area (TPSA) is 87.4 Å². The van der Waals surface area contributed by atoms with Gasteiger partial charge in [0.1, 0.15) is 5.60 Å². The van der Waals surface area contributed by atoms with Gasteiger partial charge in [0.25, 0.3) is 0 Å². The Balaban J connectivity index is 1.84. The molecule has 0 aliphatic rings. The smallest absolute Gasteiger partial charge is 0.191 e. The lowest BCUT2D eigenvalue weighted by Crippen LogP contribution is -2.39. The summed E-state index contributed by atoms with van der Waals surface area (Å²) in [6.07, 6.45) is 5.42. The first-order valence-corrected chi connectivity index (χ1v) is 9.43. The predicted octanol–water partition coefficient (Wildman–Crippen LogP) is 1.58. The van der Waals surface area contributed by atoms with E-state index >= 15 is 0 Å². The van der Waals surface area contributed by atoms with Crippen LogP contribution < -0.4 is 10.6 Å². The van der Waals surface area contributed by atoms with Crippen LogP contribution >= 0.6 is 11.3 Å². The van der Waals surface area contributed by atoms with E-state index in [1.54, 1.807) is 29.1 Å². The lowest BCUT2D eigenvalue weighted by atomic mass is 10.0. The van der Waals surface area contributed by atoms with Crippen LogP contribution in [-0.4, -0.2) is 45.5 Å². The predicted molar refractivity (Wildman–Crippen MR) is 102 cm³/mol. The molecule has 2 heterocycles. The highest BCUT2D eigenvalue weighted by atomic mass is 32.1. The van der Waals surface area contributed by atoms with Crippen LogP contribution in [0.1, 0.15) is 36.5 Å². The van der Waals surface area contributed by atoms with Crippen molar-refractivity contribution in [2.24, 2.45) is 12.0 Å². The Morgan fingerprint density at radius 1 is 1.44 bits per heavy atom. The van der Waals surface area contributed by atoms with Gasteiger partial charge in [-0.15, -0.1) is 11.3 Å². The number of aromatic nitrogens is 3. The zero-order chi connectivity index (χ0) is 18.3. The number of rotatable bonds is 8. The van der Waals surface area contributed by atoms with Crippen molar-refractivity contribution in [2.45, 2.75) is 39.2 Å². The van der Waals surface area contributed by atoms with Crippen LogP contribution in [0.25, 0.3) is 0 Å². The maximum Gasteiger partial charge on any atom is 0.191 e. The van der Waals surface area contributed by atoms with Crippen molar-refractivity contribution in [1.29, 1.82) is 0 Å². The molecule has 0 aromatic carbocycles. The molecule has 7 nitrogen and oxygen atoms in total. The summed E-state index contributed by atoms with van der Waals surface area (Å²) in [6.45, 7) is 7.63. The monoisotopic (exact) mass is 364 g/mol. The number of guanidine groups is 1. The molecule has 8 heteroatoms. The second kappa shape index (κ2) is 8.96. The fourth-order valence-electron chi connectivity index (χ4n) is 2.33. The van der Waals surface area contributed by atoms with Gasteiger partial charge in [-0.1, -0.05) is 0 Å². The quantitative estimate of drug-likeness (QED) is 0.376. The Morgan fingerprint density at radius 3 is 2.84 bits per heavy atom. The van der Waals surface area contributed by atoms with E-state index in [4.69, 9.17) is 0 Å². The van der Waals surface area contributed by atoms with Crippen LogP contribution in [0.2, 0.25) is 0 Å². The molecule has 0 radical (unpaired) electrons. The number of nitrogens with zero attached hydrogens (tertiary/aromatic N) is 4. The highest BCUT2D eigenvalue weighted by molar-refractivity contribution is 7.09. The van der Waals surface area contributed by atoms with Gasteiger partial charge in [0.15, 0.2) is 5.96 Å². The van der Waals surface area contributed by atoms with Gasteiger partial charge in [-0.25, -0.2) is 9.98 Å². The second-order valence-corrected chi connectivity index (χ2v) is 7.23. The fourth-order valence-corrected chi connectivity index (χ4v) is 3.15. The Morgan fingerprint density at radius 2 is 2.24 bits per heavy atom. The summed E-state index contributed by atoms with van der Waals surface area (Å²) in [5.41, 5.74) is 0.795. The summed E-state index contributed by atoms with van der Waals surface area (Å²) in [5.74, 6) is 0.710. The normalized spacial score (nSPS) is 14.4. The lowest BCUT2D eigenvalue weighted by molar-refractivity contribution is 0.0672. The average Bonchev–Trinajstić information content (AvgIpc) is 3.18. The van der Waals surface area contributed by atoms with Crippen molar-refractivity contribution >= 4 is 17.3 Å². The first-order valence-electron chi connectivity index (χ1n) is 8.55. The molecule has 0 aliphatic carbocycles. The Bertz CT molecular complexity index is 691. The van der Waals surface area contributed by atoms with Crippen molar-refractivity contribution in [2.75, 3.05) is 19.6 Å². The Kier molecular flexibility index (Phi) is 6.95.